The number of nitrogens with one attached hydrogen (secondary N) is 1. The second-order valence-electron chi connectivity index (χ2n) is 6.89. The van der Waals surface area contributed by atoms with Crippen LogP contribution in [-0.2, 0) is 4.74 Å². The molecule has 6 nitrogen and oxygen atoms in total. The number of likely N-dealkylation sites (tertiary alicyclic amines) is 1. The number of benzene rings is 1. The number of aliphatic hydroxyl groups excluding tert-OH is 1. The van der Waals surface area contributed by atoms with Crippen molar-refractivity contribution in [2.24, 2.45) is 5.92 Å². The summed E-state index contributed by atoms with van der Waals surface area (Å²) in [6, 6.07) is 7.85. The highest BCUT2D eigenvalue weighted by atomic mass is 16.5. The average Bonchev–Trinajstić information content (AvgIpc) is 3.08. The van der Waals surface area contributed by atoms with Crippen LogP contribution < -0.4 is 10.1 Å². The van der Waals surface area contributed by atoms with E-state index in [1.807, 2.05) is 36.1 Å². The largest absolute Gasteiger partial charge is 0.492 e. The summed E-state index contributed by atoms with van der Waals surface area (Å²) in [5.74, 6) is 0.835. The second-order valence-corrected chi connectivity index (χ2v) is 6.89. The molecule has 3 rings (SSSR count). The fourth-order valence-electron chi connectivity index (χ4n) is 3.74. The molecule has 2 N–H and O–H groups in total. The summed E-state index contributed by atoms with van der Waals surface area (Å²) in [4.78, 5) is 14.4. The maximum atomic E-state index is 12.5. The minimum Gasteiger partial charge on any atom is -0.492 e. The molecule has 25 heavy (non-hydrogen) atoms. The Morgan fingerprint density at radius 3 is 3.12 bits per heavy atom. The Balaban J connectivity index is 1.45. The van der Waals surface area contributed by atoms with Crippen molar-refractivity contribution in [2.75, 3.05) is 32.9 Å². The molecule has 2 fully saturated rings. The summed E-state index contributed by atoms with van der Waals surface area (Å²) < 4.78 is 11.2. The van der Waals surface area contributed by atoms with E-state index in [2.05, 4.69) is 5.32 Å². The van der Waals surface area contributed by atoms with Crippen LogP contribution in [0.1, 0.15) is 24.8 Å². The molecule has 2 aliphatic heterocycles. The normalized spacial score (nSPS) is 26.5. The Labute approximate surface area is 149 Å². The van der Waals surface area contributed by atoms with E-state index in [4.69, 9.17) is 9.47 Å². The predicted molar refractivity (Wildman–Crippen MR) is 94.7 cm³/mol. The first-order chi connectivity index (χ1) is 12.1. The number of amides is 2. The van der Waals surface area contributed by atoms with Gasteiger partial charge in [-0.15, -0.1) is 0 Å². The van der Waals surface area contributed by atoms with Gasteiger partial charge in [-0.3, -0.25) is 0 Å². The van der Waals surface area contributed by atoms with E-state index in [1.54, 1.807) is 0 Å². The summed E-state index contributed by atoms with van der Waals surface area (Å²) in [5.41, 5.74) is 1.15. The number of nitrogens with zero attached hydrogens (tertiary/aromatic N) is 1. The molecule has 0 saturated carbocycles. The lowest BCUT2D eigenvalue weighted by molar-refractivity contribution is -0.0576. The third-order valence-corrected chi connectivity index (χ3v) is 5.05. The Morgan fingerprint density at radius 1 is 1.44 bits per heavy atom. The Hall–Kier alpha value is -1.79. The number of rotatable bonds is 5. The number of hydrogen-bond acceptors (Lipinski definition) is 4. The zero-order valence-corrected chi connectivity index (χ0v) is 14.8. The van der Waals surface area contributed by atoms with Crippen LogP contribution >= 0.6 is 0 Å². The summed E-state index contributed by atoms with van der Waals surface area (Å²) in [7, 11) is 0. The molecule has 2 heterocycles. The molecule has 0 radical (unpaired) electrons. The van der Waals surface area contributed by atoms with Gasteiger partial charge >= 0.3 is 6.03 Å². The fourth-order valence-corrected chi connectivity index (χ4v) is 3.74. The van der Waals surface area contributed by atoms with Gasteiger partial charge in [-0.2, -0.15) is 0 Å². The fraction of sp³-hybridized carbons (Fsp3) is 0.632. The molecule has 138 valence electrons. The molecule has 3 atom stereocenters. The maximum absolute atomic E-state index is 12.5. The molecule has 1 aromatic carbocycles. The molecule has 2 aliphatic rings. The molecular formula is C19H28N2O4. The van der Waals surface area contributed by atoms with Gasteiger partial charge in [-0.1, -0.05) is 12.1 Å². The number of carbonyl (C=O) groups excluding carboxylic acids is 1. The number of aliphatic hydroxyl groups is 1. The summed E-state index contributed by atoms with van der Waals surface area (Å²) in [6.07, 6.45) is 2.18. The number of carbonyl (C=O) groups is 1. The van der Waals surface area contributed by atoms with E-state index in [0.717, 1.165) is 30.7 Å². The summed E-state index contributed by atoms with van der Waals surface area (Å²) >= 11 is 0. The van der Waals surface area contributed by atoms with Crippen LogP contribution in [0.2, 0.25) is 0 Å². The minimum atomic E-state index is -0.378. The van der Waals surface area contributed by atoms with Gasteiger partial charge in [-0.25, -0.2) is 4.79 Å². The van der Waals surface area contributed by atoms with Crippen molar-refractivity contribution in [1.29, 1.82) is 0 Å². The molecule has 0 spiro atoms. The predicted octanol–water partition coefficient (Wildman–Crippen LogP) is 1.95. The minimum absolute atomic E-state index is 0.0190. The number of hydrogen-bond donors (Lipinski definition) is 2. The van der Waals surface area contributed by atoms with E-state index in [0.29, 0.717) is 32.8 Å². The van der Waals surface area contributed by atoms with Crippen LogP contribution in [0.5, 0.6) is 5.75 Å². The lowest BCUT2D eigenvalue weighted by Gasteiger charge is -2.36. The lowest BCUT2D eigenvalue weighted by Crippen LogP contribution is -2.51. The van der Waals surface area contributed by atoms with Gasteiger partial charge in [0.15, 0.2) is 0 Å². The van der Waals surface area contributed by atoms with Crippen molar-refractivity contribution in [1.82, 2.24) is 10.2 Å². The molecule has 6 heteroatoms. The SMILES string of the molecule is Cc1cccc(OCCNC(=O)N2CCC[C@@H]2[C@H]2COCC[C@@H]2O)c1. The van der Waals surface area contributed by atoms with Gasteiger partial charge in [0, 0.05) is 25.1 Å². The summed E-state index contributed by atoms with van der Waals surface area (Å²) in [6.45, 7) is 4.78. The standard InChI is InChI=1S/C19H28N2O4/c1-14-4-2-5-15(12-14)25-11-8-20-19(23)21-9-3-6-17(21)16-13-24-10-7-18(16)22/h2,4-5,12,16-18,22H,3,6-11,13H2,1H3,(H,20,23)/t16-,17-,18+/m1/s1. The first-order valence-corrected chi connectivity index (χ1v) is 9.15. The van der Waals surface area contributed by atoms with Gasteiger partial charge in [0.2, 0.25) is 0 Å². The highest BCUT2D eigenvalue weighted by molar-refractivity contribution is 5.74. The zero-order chi connectivity index (χ0) is 17.6. The van der Waals surface area contributed by atoms with E-state index in [-0.39, 0.29) is 24.1 Å². The third kappa shape index (κ3) is 4.64. The molecule has 2 amide bonds. The van der Waals surface area contributed by atoms with Crippen molar-refractivity contribution < 1.29 is 19.4 Å². The smallest absolute Gasteiger partial charge is 0.317 e. The van der Waals surface area contributed by atoms with E-state index >= 15 is 0 Å². The van der Waals surface area contributed by atoms with Crippen LogP contribution in [0.15, 0.2) is 24.3 Å². The molecule has 2 saturated heterocycles. The molecule has 0 aromatic heterocycles. The van der Waals surface area contributed by atoms with Crippen LogP contribution in [0.3, 0.4) is 0 Å². The Kier molecular flexibility index (Phi) is 6.15. The second kappa shape index (κ2) is 8.54. The highest BCUT2D eigenvalue weighted by Crippen LogP contribution is 2.29. The molecule has 0 unspecified atom stereocenters. The van der Waals surface area contributed by atoms with Gasteiger partial charge in [0.1, 0.15) is 12.4 Å². The topological polar surface area (TPSA) is 71.0 Å². The van der Waals surface area contributed by atoms with E-state index in [9.17, 15) is 9.90 Å². The van der Waals surface area contributed by atoms with Crippen LogP contribution in [0, 0.1) is 12.8 Å². The van der Waals surface area contributed by atoms with Crippen molar-refractivity contribution >= 4 is 6.03 Å². The maximum Gasteiger partial charge on any atom is 0.317 e. The van der Waals surface area contributed by atoms with Gasteiger partial charge in [0.25, 0.3) is 0 Å². The molecule has 0 bridgehead atoms. The van der Waals surface area contributed by atoms with E-state index in [1.165, 1.54) is 0 Å². The summed E-state index contributed by atoms with van der Waals surface area (Å²) in [5, 5.41) is 13.2. The van der Waals surface area contributed by atoms with Crippen LogP contribution in [0.4, 0.5) is 4.79 Å². The van der Waals surface area contributed by atoms with Crippen molar-refractivity contribution in [3.8, 4) is 5.75 Å². The van der Waals surface area contributed by atoms with Crippen LogP contribution in [-0.4, -0.2) is 61.1 Å². The Morgan fingerprint density at radius 2 is 2.32 bits per heavy atom. The van der Waals surface area contributed by atoms with Crippen LogP contribution in [0.25, 0.3) is 0 Å². The van der Waals surface area contributed by atoms with Crippen molar-refractivity contribution in [3.63, 3.8) is 0 Å². The quantitative estimate of drug-likeness (QED) is 0.798. The lowest BCUT2D eigenvalue weighted by atomic mass is 9.89. The van der Waals surface area contributed by atoms with Crippen molar-refractivity contribution in [2.45, 2.75) is 38.3 Å². The van der Waals surface area contributed by atoms with Gasteiger partial charge in [0.05, 0.1) is 19.3 Å². The monoisotopic (exact) mass is 348 g/mol. The van der Waals surface area contributed by atoms with E-state index < -0.39 is 0 Å². The highest BCUT2D eigenvalue weighted by Gasteiger charge is 2.39. The molecule has 0 aliphatic carbocycles. The first-order valence-electron chi connectivity index (χ1n) is 9.15. The third-order valence-electron chi connectivity index (χ3n) is 5.05. The molecule has 1 aromatic rings. The number of ether oxygens (including phenoxy) is 2. The number of aryl methyl sites for hydroxylation is 1. The van der Waals surface area contributed by atoms with Gasteiger partial charge in [-0.05, 0) is 43.9 Å². The first kappa shape index (κ1) is 18.0. The van der Waals surface area contributed by atoms with Crippen molar-refractivity contribution in [3.05, 3.63) is 29.8 Å². The van der Waals surface area contributed by atoms with Gasteiger partial charge < -0.3 is 24.8 Å². The molecular weight excluding hydrogens is 320 g/mol. The Bertz CT molecular complexity index is 580. The number of urea groups is 1. The zero-order valence-electron chi connectivity index (χ0n) is 14.8. The average molecular weight is 348 g/mol.